The van der Waals surface area contributed by atoms with E-state index in [4.69, 9.17) is 5.41 Å². The molecule has 0 bridgehead atoms. The van der Waals surface area contributed by atoms with Crippen LogP contribution in [0.5, 0.6) is 0 Å². The van der Waals surface area contributed by atoms with Crippen molar-refractivity contribution in [3.05, 3.63) is 0 Å². The minimum absolute atomic E-state index is 0. The van der Waals surface area contributed by atoms with Crippen LogP contribution in [0.1, 0.15) is 12.8 Å². The van der Waals surface area contributed by atoms with Gasteiger partial charge in [0.2, 0.25) is 0 Å². The van der Waals surface area contributed by atoms with Crippen LogP contribution in [0.25, 0.3) is 0 Å². The summed E-state index contributed by atoms with van der Waals surface area (Å²) in [6.45, 7) is 0. The highest BCUT2D eigenvalue weighted by atomic mass is 127. The van der Waals surface area contributed by atoms with Crippen LogP contribution in [0.3, 0.4) is 0 Å². The number of rotatable bonds is 2. The summed E-state index contributed by atoms with van der Waals surface area (Å²) in [5.41, 5.74) is 0. The van der Waals surface area contributed by atoms with Gasteiger partial charge in [-0.1, -0.05) is 0 Å². The fourth-order valence-electron chi connectivity index (χ4n) is 0.357. The Morgan fingerprint density at radius 2 is 1.91 bits per heavy atom. The quantitative estimate of drug-likeness (QED) is 0.472. The van der Waals surface area contributed by atoms with Gasteiger partial charge in [-0.25, -0.2) is 0 Å². The average Bonchev–Trinajstić information content (AvgIpc) is 1.81. The van der Waals surface area contributed by atoms with E-state index in [0.717, 1.165) is 11.8 Å². The third-order valence-corrected chi connectivity index (χ3v) is 1.58. The van der Waals surface area contributed by atoms with E-state index in [0.29, 0.717) is 0 Å². The van der Waals surface area contributed by atoms with Gasteiger partial charge in [0.25, 0.3) is 0 Å². The molecule has 0 saturated heterocycles. The molecule has 1 N–H and O–H groups in total. The van der Waals surface area contributed by atoms with Crippen molar-refractivity contribution in [3.8, 4) is 0 Å². The van der Waals surface area contributed by atoms with Gasteiger partial charge in [-0.15, -0.1) is 35.7 Å². The Hall–Kier alpha value is 0.540. The fourth-order valence-corrected chi connectivity index (χ4v) is 0.664. The summed E-state index contributed by atoms with van der Waals surface area (Å²) in [7, 11) is 0. The van der Waals surface area contributed by atoms with Crippen LogP contribution in [0.4, 0.5) is 13.2 Å². The van der Waals surface area contributed by atoms with Crippen LogP contribution in [-0.2, 0) is 0 Å². The van der Waals surface area contributed by atoms with Crippen molar-refractivity contribution >= 4 is 40.8 Å². The molecule has 0 aliphatic carbocycles. The standard InChI is InChI=1S/C5H8F3NS.HI/c1-10-4(9)2-3-5(6,7)8;/h9H,2-3H2,1H3;1H. The first-order valence-corrected chi connectivity index (χ1v) is 3.86. The number of halogens is 4. The van der Waals surface area contributed by atoms with Gasteiger partial charge < -0.3 is 0 Å². The lowest BCUT2D eigenvalue weighted by atomic mass is 10.3. The second-order valence-electron chi connectivity index (χ2n) is 1.74. The summed E-state index contributed by atoms with van der Waals surface area (Å²) in [5, 5.41) is 6.96. The van der Waals surface area contributed by atoms with Gasteiger partial charge in [-0.2, -0.15) is 13.2 Å². The molecular formula is C5H9F3INS. The highest BCUT2D eigenvalue weighted by Gasteiger charge is 2.26. The van der Waals surface area contributed by atoms with Crippen LogP contribution in [0.2, 0.25) is 0 Å². The second kappa shape index (κ2) is 6.10. The molecule has 0 radical (unpaired) electrons. The summed E-state index contributed by atoms with van der Waals surface area (Å²) in [4.78, 5) is 0. The first kappa shape index (κ1) is 14.1. The van der Waals surface area contributed by atoms with Crippen LogP contribution in [-0.4, -0.2) is 17.5 Å². The normalized spacial score (nSPS) is 10.5. The summed E-state index contributed by atoms with van der Waals surface area (Å²) >= 11 is 1.05. The minimum atomic E-state index is -4.12. The van der Waals surface area contributed by atoms with Gasteiger partial charge in [0.1, 0.15) is 0 Å². The predicted molar refractivity (Wildman–Crippen MR) is 51.9 cm³/mol. The average molecular weight is 299 g/mol. The minimum Gasteiger partial charge on any atom is -0.298 e. The number of hydrogen-bond donors (Lipinski definition) is 1. The maximum absolute atomic E-state index is 11.4. The summed E-state index contributed by atoms with van der Waals surface area (Å²) < 4.78 is 34.3. The van der Waals surface area contributed by atoms with E-state index in [9.17, 15) is 13.2 Å². The Labute approximate surface area is 84.6 Å². The van der Waals surface area contributed by atoms with Crippen LogP contribution in [0.15, 0.2) is 0 Å². The van der Waals surface area contributed by atoms with Crippen LogP contribution < -0.4 is 0 Å². The van der Waals surface area contributed by atoms with Crippen molar-refractivity contribution in [2.24, 2.45) is 0 Å². The molecule has 0 aromatic heterocycles. The molecule has 0 fully saturated rings. The third-order valence-electron chi connectivity index (χ3n) is 0.882. The molecule has 0 rings (SSSR count). The Bertz CT molecular complexity index is 125. The van der Waals surface area contributed by atoms with Crippen LogP contribution in [0, 0.1) is 5.41 Å². The zero-order chi connectivity index (χ0) is 8.20. The molecule has 0 atom stereocenters. The number of nitrogens with one attached hydrogen (secondary N) is 1. The topological polar surface area (TPSA) is 23.9 Å². The molecule has 6 heteroatoms. The maximum Gasteiger partial charge on any atom is 0.389 e. The zero-order valence-electron chi connectivity index (χ0n) is 5.86. The largest absolute Gasteiger partial charge is 0.389 e. The van der Waals surface area contributed by atoms with Gasteiger partial charge in [0.15, 0.2) is 0 Å². The van der Waals surface area contributed by atoms with E-state index >= 15 is 0 Å². The lowest BCUT2D eigenvalue weighted by Crippen LogP contribution is -2.08. The Balaban J connectivity index is 0. The number of alkyl halides is 3. The van der Waals surface area contributed by atoms with Crippen LogP contribution >= 0.6 is 35.7 Å². The molecule has 0 heterocycles. The SMILES string of the molecule is CSC(=N)CCC(F)(F)F.I. The van der Waals surface area contributed by atoms with Gasteiger partial charge in [0.05, 0.1) is 5.04 Å². The molecule has 0 spiro atoms. The van der Waals surface area contributed by atoms with E-state index in [1.54, 1.807) is 6.26 Å². The molecule has 11 heavy (non-hydrogen) atoms. The van der Waals surface area contributed by atoms with Crippen molar-refractivity contribution in [1.29, 1.82) is 5.41 Å². The molecular weight excluding hydrogens is 290 g/mol. The molecule has 0 saturated carbocycles. The monoisotopic (exact) mass is 299 g/mol. The lowest BCUT2D eigenvalue weighted by molar-refractivity contribution is -0.132. The van der Waals surface area contributed by atoms with Gasteiger partial charge >= 0.3 is 6.18 Å². The summed E-state index contributed by atoms with van der Waals surface area (Å²) in [6.07, 6.45) is -3.60. The fraction of sp³-hybridized carbons (Fsp3) is 0.800. The molecule has 0 aliphatic rings. The van der Waals surface area contributed by atoms with Crippen molar-refractivity contribution in [2.75, 3.05) is 6.26 Å². The van der Waals surface area contributed by atoms with Gasteiger partial charge in [0, 0.05) is 12.8 Å². The Kier molecular flexibility index (Phi) is 7.81. The predicted octanol–water partition coefficient (Wildman–Crippen LogP) is 3.29. The third kappa shape index (κ3) is 10.5. The molecule has 0 unspecified atom stereocenters. The van der Waals surface area contributed by atoms with Gasteiger partial charge in [-0.3, -0.25) is 5.41 Å². The highest BCUT2D eigenvalue weighted by molar-refractivity contribution is 14.0. The Morgan fingerprint density at radius 3 is 2.18 bits per heavy atom. The maximum atomic E-state index is 11.4. The number of thioether (sulfide) groups is 1. The van der Waals surface area contributed by atoms with Crippen molar-refractivity contribution in [3.63, 3.8) is 0 Å². The van der Waals surface area contributed by atoms with E-state index in [1.807, 2.05) is 0 Å². The molecule has 0 aromatic carbocycles. The van der Waals surface area contributed by atoms with E-state index < -0.39 is 12.6 Å². The van der Waals surface area contributed by atoms with Crippen molar-refractivity contribution in [1.82, 2.24) is 0 Å². The Morgan fingerprint density at radius 1 is 1.45 bits per heavy atom. The van der Waals surface area contributed by atoms with E-state index in [1.165, 1.54) is 0 Å². The van der Waals surface area contributed by atoms with Crippen molar-refractivity contribution < 1.29 is 13.2 Å². The molecule has 0 amide bonds. The van der Waals surface area contributed by atoms with Gasteiger partial charge in [-0.05, 0) is 6.26 Å². The smallest absolute Gasteiger partial charge is 0.298 e. The summed E-state index contributed by atoms with van der Waals surface area (Å²) in [6, 6.07) is 0. The van der Waals surface area contributed by atoms with E-state index in [-0.39, 0.29) is 35.4 Å². The molecule has 0 aliphatic heterocycles. The first-order chi connectivity index (χ1) is 4.45. The van der Waals surface area contributed by atoms with Crippen molar-refractivity contribution in [2.45, 2.75) is 19.0 Å². The second-order valence-corrected chi connectivity index (χ2v) is 2.64. The zero-order valence-corrected chi connectivity index (χ0v) is 9.01. The summed E-state index contributed by atoms with van der Waals surface area (Å²) in [5.74, 6) is 0. The molecule has 0 aromatic rings. The first-order valence-electron chi connectivity index (χ1n) is 2.64. The molecule has 68 valence electrons. The van der Waals surface area contributed by atoms with E-state index in [2.05, 4.69) is 0 Å². The lowest BCUT2D eigenvalue weighted by Gasteiger charge is -2.04. The molecule has 1 nitrogen and oxygen atoms in total. The number of hydrogen-bond acceptors (Lipinski definition) is 2. The highest BCUT2D eigenvalue weighted by Crippen LogP contribution is 2.22.